The fourth-order valence-corrected chi connectivity index (χ4v) is 4.63. The van der Waals surface area contributed by atoms with Crippen LogP contribution in [0.1, 0.15) is 44.6 Å². The maximum Gasteiger partial charge on any atom is 0.269 e. The summed E-state index contributed by atoms with van der Waals surface area (Å²) in [6, 6.07) is 4.80. The van der Waals surface area contributed by atoms with E-state index in [1.165, 1.54) is 56.0 Å². The van der Waals surface area contributed by atoms with Crippen LogP contribution < -0.4 is 0 Å². The van der Waals surface area contributed by atoms with E-state index in [0.29, 0.717) is 17.4 Å². The fourth-order valence-electron chi connectivity index (χ4n) is 3.67. The van der Waals surface area contributed by atoms with Gasteiger partial charge in [0, 0.05) is 18.2 Å². The third-order valence-electron chi connectivity index (χ3n) is 5.15. The topological polar surface area (TPSA) is 75.8 Å². The lowest BCUT2D eigenvalue weighted by Gasteiger charge is -2.33. The van der Waals surface area contributed by atoms with Crippen LogP contribution in [0.3, 0.4) is 0 Å². The highest BCUT2D eigenvalue weighted by Crippen LogP contribution is 2.34. The zero-order valence-corrected chi connectivity index (χ0v) is 15.4. The van der Waals surface area contributed by atoms with Crippen molar-refractivity contribution in [2.75, 3.05) is 5.75 Å². The lowest BCUT2D eigenvalue weighted by molar-refractivity contribution is -0.384. The molecule has 0 radical (unpaired) electrons. The zero-order chi connectivity index (χ0) is 18.0. The summed E-state index contributed by atoms with van der Waals surface area (Å²) in [6.07, 6.45) is 6.09. The first-order valence-electron chi connectivity index (χ1n) is 8.76. The van der Waals surface area contributed by atoms with E-state index in [9.17, 15) is 14.9 Å². The number of amides is 1. The Labute approximate surface area is 151 Å². The first-order chi connectivity index (χ1) is 12.0. The molecular formula is C18H23N3O3S. The van der Waals surface area contributed by atoms with Crippen molar-refractivity contribution in [1.82, 2.24) is 4.90 Å². The maximum atomic E-state index is 12.4. The zero-order valence-electron chi connectivity index (χ0n) is 14.6. The normalized spacial score (nSPS) is 21.8. The van der Waals surface area contributed by atoms with Gasteiger partial charge in [-0.3, -0.25) is 19.8 Å². The van der Waals surface area contributed by atoms with E-state index in [4.69, 9.17) is 0 Å². The number of nitrogens with zero attached hydrogens (tertiary/aromatic N) is 3. The molecule has 1 heterocycles. The molecule has 0 unspecified atom stereocenters. The van der Waals surface area contributed by atoms with Crippen LogP contribution >= 0.6 is 11.8 Å². The number of aryl methyl sites for hydroxylation is 1. The number of non-ortho nitro benzene ring substituents is 1. The molecule has 1 saturated carbocycles. The Balaban J connectivity index is 1.85. The highest BCUT2D eigenvalue weighted by Gasteiger charge is 2.36. The van der Waals surface area contributed by atoms with Crippen LogP contribution in [-0.4, -0.2) is 32.7 Å². The van der Waals surface area contributed by atoms with Crippen molar-refractivity contribution in [2.24, 2.45) is 10.9 Å². The van der Waals surface area contributed by atoms with E-state index in [1.54, 1.807) is 6.07 Å². The molecular weight excluding hydrogens is 338 g/mol. The summed E-state index contributed by atoms with van der Waals surface area (Å²) in [5, 5.41) is 11.6. The van der Waals surface area contributed by atoms with Gasteiger partial charge in [-0.05, 0) is 44.2 Å². The molecule has 1 aliphatic heterocycles. The largest absolute Gasteiger partial charge is 0.287 e. The van der Waals surface area contributed by atoms with E-state index in [1.807, 2.05) is 11.8 Å². The number of hydrogen-bond donors (Lipinski definition) is 0. The quantitative estimate of drug-likeness (QED) is 0.587. The van der Waals surface area contributed by atoms with Gasteiger partial charge in [-0.15, -0.1) is 0 Å². The van der Waals surface area contributed by atoms with E-state index >= 15 is 0 Å². The SMILES string of the molecule is Cc1cc([N+](=O)[O-])ccc1N=C1SCC(=O)N1[C@H](C)C1CCCCC1. The standard InChI is InChI=1S/C18H23N3O3S/c1-12-10-15(21(23)24)8-9-16(12)19-18-20(17(22)11-25-18)13(2)14-6-4-3-5-7-14/h8-10,13-14H,3-7,11H2,1-2H3/t13-/m1/s1. The molecule has 7 heteroatoms. The van der Waals surface area contributed by atoms with Crippen molar-refractivity contribution in [2.45, 2.75) is 52.0 Å². The van der Waals surface area contributed by atoms with Gasteiger partial charge < -0.3 is 0 Å². The van der Waals surface area contributed by atoms with Gasteiger partial charge in [0.05, 0.1) is 16.4 Å². The van der Waals surface area contributed by atoms with Crippen LogP contribution in [-0.2, 0) is 4.79 Å². The van der Waals surface area contributed by atoms with Crippen molar-refractivity contribution in [1.29, 1.82) is 0 Å². The summed E-state index contributed by atoms with van der Waals surface area (Å²) in [5.74, 6) is 1.06. The highest BCUT2D eigenvalue weighted by molar-refractivity contribution is 8.15. The third kappa shape index (κ3) is 3.86. The predicted molar refractivity (Wildman–Crippen MR) is 100 cm³/mol. The van der Waals surface area contributed by atoms with Crippen molar-refractivity contribution < 1.29 is 9.72 Å². The van der Waals surface area contributed by atoms with Crippen LogP contribution in [0.15, 0.2) is 23.2 Å². The molecule has 1 saturated heterocycles. The lowest BCUT2D eigenvalue weighted by Crippen LogP contribution is -2.42. The second-order valence-electron chi connectivity index (χ2n) is 6.81. The Morgan fingerprint density at radius 2 is 2.04 bits per heavy atom. The molecule has 2 aliphatic rings. The van der Waals surface area contributed by atoms with E-state index in [0.717, 1.165) is 10.7 Å². The molecule has 0 spiro atoms. The predicted octanol–water partition coefficient (Wildman–Crippen LogP) is 4.43. The molecule has 1 aromatic carbocycles. The molecule has 0 bridgehead atoms. The molecule has 0 aromatic heterocycles. The monoisotopic (exact) mass is 361 g/mol. The minimum atomic E-state index is -0.408. The number of thioether (sulfide) groups is 1. The average Bonchev–Trinajstić information content (AvgIpc) is 2.97. The van der Waals surface area contributed by atoms with Gasteiger partial charge in [-0.1, -0.05) is 31.0 Å². The first-order valence-corrected chi connectivity index (χ1v) is 9.74. The summed E-state index contributed by atoms with van der Waals surface area (Å²) in [4.78, 5) is 29.4. The number of nitro benzene ring substituents is 1. The van der Waals surface area contributed by atoms with Gasteiger partial charge in [0.25, 0.3) is 5.69 Å². The molecule has 2 fully saturated rings. The lowest BCUT2D eigenvalue weighted by atomic mass is 9.84. The number of benzene rings is 1. The number of carbonyl (C=O) groups excluding carboxylic acids is 1. The van der Waals surface area contributed by atoms with Crippen molar-refractivity contribution >= 4 is 34.2 Å². The summed E-state index contributed by atoms with van der Waals surface area (Å²) in [5.41, 5.74) is 1.49. The Kier molecular flexibility index (Phi) is 5.42. The minimum Gasteiger partial charge on any atom is -0.287 e. The van der Waals surface area contributed by atoms with Crippen molar-refractivity contribution in [3.8, 4) is 0 Å². The molecule has 1 amide bonds. The summed E-state index contributed by atoms with van der Waals surface area (Å²) in [7, 11) is 0. The van der Waals surface area contributed by atoms with Crippen LogP contribution in [0.25, 0.3) is 0 Å². The third-order valence-corrected chi connectivity index (χ3v) is 6.08. The summed E-state index contributed by atoms with van der Waals surface area (Å²) >= 11 is 1.46. The van der Waals surface area contributed by atoms with E-state index in [2.05, 4.69) is 11.9 Å². The van der Waals surface area contributed by atoms with Crippen LogP contribution in [0.2, 0.25) is 0 Å². The van der Waals surface area contributed by atoms with E-state index in [-0.39, 0.29) is 17.6 Å². The van der Waals surface area contributed by atoms with Gasteiger partial charge in [0.2, 0.25) is 5.91 Å². The number of carbonyl (C=O) groups is 1. The Hall–Kier alpha value is -1.89. The molecule has 1 aliphatic carbocycles. The van der Waals surface area contributed by atoms with Crippen molar-refractivity contribution in [3.63, 3.8) is 0 Å². The smallest absolute Gasteiger partial charge is 0.269 e. The molecule has 25 heavy (non-hydrogen) atoms. The average molecular weight is 361 g/mol. The Morgan fingerprint density at radius 3 is 2.68 bits per heavy atom. The second kappa shape index (κ2) is 7.56. The second-order valence-corrected chi connectivity index (χ2v) is 7.76. The van der Waals surface area contributed by atoms with E-state index < -0.39 is 4.92 Å². The van der Waals surface area contributed by atoms with Crippen LogP contribution in [0.5, 0.6) is 0 Å². The molecule has 3 rings (SSSR count). The fraction of sp³-hybridized carbons (Fsp3) is 0.556. The number of hydrogen-bond acceptors (Lipinski definition) is 5. The minimum absolute atomic E-state index is 0.0593. The number of amidine groups is 1. The number of rotatable bonds is 4. The molecule has 6 nitrogen and oxygen atoms in total. The first kappa shape index (κ1) is 17.9. The summed E-state index contributed by atoms with van der Waals surface area (Å²) < 4.78 is 0. The molecule has 1 atom stereocenters. The number of aliphatic imine (C=N–C) groups is 1. The van der Waals surface area contributed by atoms with Gasteiger partial charge in [0.15, 0.2) is 5.17 Å². The van der Waals surface area contributed by atoms with Crippen LogP contribution in [0.4, 0.5) is 11.4 Å². The van der Waals surface area contributed by atoms with Crippen LogP contribution in [0, 0.1) is 23.0 Å². The maximum absolute atomic E-state index is 12.4. The van der Waals surface area contributed by atoms with Gasteiger partial charge in [0.1, 0.15) is 0 Å². The van der Waals surface area contributed by atoms with Gasteiger partial charge in [-0.2, -0.15) is 0 Å². The Bertz CT molecular complexity index is 714. The van der Waals surface area contributed by atoms with Crippen molar-refractivity contribution in [3.05, 3.63) is 33.9 Å². The van der Waals surface area contributed by atoms with Gasteiger partial charge >= 0.3 is 0 Å². The summed E-state index contributed by atoms with van der Waals surface area (Å²) in [6.45, 7) is 3.93. The highest BCUT2D eigenvalue weighted by atomic mass is 32.2. The number of nitro groups is 1. The van der Waals surface area contributed by atoms with Gasteiger partial charge in [-0.25, -0.2) is 4.99 Å². The molecule has 134 valence electrons. The molecule has 1 aromatic rings. The Morgan fingerprint density at radius 1 is 1.32 bits per heavy atom. The molecule has 0 N–H and O–H groups in total.